The van der Waals surface area contributed by atoms with E-state index in [4.69, 9.17) is 5.10 Å². The highest BCUT2D eigenvalue weighted by Gasteiger charge is 2.17. The Morgan fingerprint density at radius 2 is 1.61 bits per heavy atom. The minimum absolute atomic E-state index is 0.853. The van der Waals surface area contributed by atoms with Crippen molar-refractivity contribution in [3.63, 3.8) is 0 Å². The van der Waals surface area contributed by atoms with Crippen molar-refractivity contribution in [3.05, 3.63) is 89.2 Å². The van der Waals surface area contributed by atoms with Gasteiger partial charge >= 0.3 is 0 Å². The van der Waals surface area contributed by atoms with E-state index in [1.165, 1.54) is 10.8 Å². The quantitative estimate of drug-likeness (QED) is 0.327. The van der Waals surface area contributed by atoms with E-state index in [9.17, 15) is 0 Å². The van der Waals surface area contributed by atoms with E-state index < -0.39 is 0 Å². The highest BCUT2D eigenvalue weighted by molar-refractivity contribution is 9.10. The standard InChI is InChI=1S/C24H18BrN3/c1-2-21-23(17-9-11-20(25)12-10-17)24-26-14-13-22(28(24)27-21)19-8-7-16-5-3-4-6-18(16)15-19/h3-15H,2H2,1H3. The number of halogens is 1. The molecule has 0 N–H and O–H groups in total. The molecule has 0 aliphatic rings. The molecule has 0 amide bonds. The van der Waals surface area contributed by atoms with Crippen LogP contribution in [-0.4, -0.2) is 14.6 Å². The van der Waals surface area contributed by atoms with Crippen LogP contribution in [0.2, 0.25) is 0 Å². The van der Waals surface area contributed by atoms with Gasteiger partial charge in [-0.2, -0.15) is 5.10 Å². The number of hydrogen-bond donors (Lipinski definition) is 0. The van der Waals surface area contributed by atoms with E-state index >= 15 is 0 Å². The zero-order valence-electron chi connectivity index (χ0n) is 15.4. The Kier molecular flexibility index (Phi) is 4.21. The summed E-state index contributed by atoms with van der Waals surface area (Å²) in [5.41, 5.74) is 6.39. The van der Waals surface area contributed by atoms with Crippen LogP contribution in [0.1, 0.15) is 12.6 Å². The van der Waals surface area contributed by atoms with Gasteiger partial charge in [0.25, 0.3) is 0 Å². The summed E-state index contributed by atoms with van der Waals surface area (Å²) >= 11 is 3.52. The van der Waals surface area contributed by atoms with E-state index in [1.54, 1.807) is 0 Å². The molecule has 0 fully saturated rings. The molecule has 0 atom stereocenters. The molecule has 0 saturated heterocycles. The summed E-state index contributed by atoms with van der Waals surface area (Å²) in [5, 5.41) is 7.39. The van der Waals surface area contributed by atoms with Crippen molar-refractivity contribution in [1.29, 1.82) is 0 Å². The Morgan fingerprint density at radius 3 is 2.39 bits per heavy atom. The number of benzene rings is 3. The van der Waals surface area contributed by atoms with Gasteiger partial charge in [0.2, 0.25) is 0 Å². The molecule has 28 heavy (non-hydrogen) atoms. The summed E-state index contributed by atoms with van der Waals surface area (Å²) in [7, 11) is 0. The van der Waals surface area contributed by atoms with Crippen LogP contribution in [0, 0.1) is 0 Å². The minimum atomic E-state index is 0.853. The summed E-state index contributed by atoms with van der Waals surface area (Å²) in [6.45, 7) is 2.14. The van der Waals surface area contributed by atoms with Gasteiger partial charge < -0.3 is 0 Å². The molecule has 0 bridgehead atoms. The Balaban J connectivity index is 1.75. The molecule has 0 saturated carbocycles. The summed E-state index contributed by atoms with van der Waals surface area (Å²) in [5.74, 6) is 0. The maximum Gasteiger partial charge on any atom is 0.163 e. The fourth-order valence-electron chi connectivity index (χ4n) is 3.72. The summed E-state index contributed by atoms with van der Waals surface area (Å²) in [4.78, 5) is 4.69. The first kappa shape index (κ1) is 17.1. The molecule has 2 heterocycles. The normalized spacial score (nSPS) is 11.4. The minimum Gasteiger partial charge on any atom is -0.236 e. The number of hydrogen-bond acceptors (Lipinski definition) is 2. The lowest BCUT2D eigenvalue weighted by Gasteiger charge is -2.07. The third-order valence-corrected chi connectivity index (χ3v) is 5.63. The third-order valence-electron chi connectivity index (χ3n) is 5.10. The molecule has 4 heteroatoms. The number of aromatic nitrogens is 3. The lowest BCUT2D eigenvalue weighted by Crippen LogP contribution is -1.96. The zero-order chi connectivity index (χ0) is 19.1. The first-order chi connectivity index (χ1) is 13.7. The molecule has 136 valence electrons. The average molecular weight is 428 g/mol. The second-order valence-corrected chi connectivity index (χ2v) is 7.73. The lowest BCUT2D eigenvalue weighted by molar-refractivity contribution is 0.894. The molecule has 5 rings (SSSR count). The lowest BCUT2D eigenvalue weighted by atomic mass is 10.0. The number of nitrogens with zero attached hydrogens (tertiary/aromatic N) is 3. The Bertz CT molecular complexity index is 1300. The zero-order valence-corrected chi connectivity index (χ0v) is 17.0. The molecule has 0 aliphatic heterocycles. The van der Waals surface area contributed by atoms with E-state index in [2.05, 4.69) is 94.6 Å². The van der Waals surface area contributed by atoms with Crippen LogP contribution in [0.25, 0.3) is 38.8 Å². The Labute approximate surface area is 171 Å². The SMILES string of the molecule is CCc1nn2c(-c3ccc4ccccc4c3)ccnc2c1-c1ccc(Br)cc1. The van der Waals surface area contributed by atoms with Crippen LogP contribution in [0.5, 0.6) is 0 Å². The maximum atomic E-state index is 4.93. The van der Waals surface area contributed by atoms with Crippen molar-refractivity contribution in [2.75, 3.05) is 0 Å². The van der Waals surface area contributed by atoms with Gasteiger partial charge in [-0.25, -0.2) is 9.50 Å². The van der Waals surface area contributed by atoms with Gasteiger partial charge in [0.05, 0.1) is 11.4 Å². The summed E-state index contributed by atoms with van der Waals surface area (Å²) in [6, 6.07) is 25.3. The van der Waals surface area contributed by atoms with Crippen LogP contribution in [0.4, 0.5) is 0 Å². The molecular formula is C24H18BrN3. The maximum absolute atomic E-state index is 4.93. The molecule has 2 aromatic heterocycles. The number of rotatable bonds is 3. The van der Waals surface area contributed by atoms with Crippen LogP contribution < -0.4 is 0 Å². The first-order valence-corrected chi connectivity index (χ1v) is 10.2. The molecule has 5 aromatic rings. The van der Waals surface area contributed by atoms with Gasteiger partial charge in [-0.1, -0.05) is 71.4 Å². The van der Waals surface area contributed by atoms with Gasteiger partial charge in [-0.3, -0.25) is 0 Å². The van der Waals surface area contributed by atoms with Gasteiger partial charge in [-0.05, 0) is 47.0 Å². The second-order valence-electron chi connectivity index (χ2n) is 6.81. The fourth-order valence-corrected chi connectivity index (χ4v) is 3.98. The van der Waals surface area contributed by atoms with E-state index in [0.717, 1.165) is 44.6 Å². The van der Waals surface area contributed by atoms with E-state index in [-0.39, 0.29) is 0 Å². The summed E-state index contributed by atoms with van der Waals surface area (Å²) in [6.07, 6.45) is 2.73. The van der Waals surface area contributed by atoms with Crippen molar-refractivity contribution in [1.82, 2.24) is 14.6 Å². The molecule has 0 aliphatic carbocycles. The van der Waals surface area contributed by atoms with Gasteiger partial charge in [0.15, 0.2) is 5.65 Å². The molecule has 3 aromatic carbocycles. The van der Waals surface area contributed by atoms with Crippen molar-refractivity contribution >= 4 is 32.3 Å². The van der Waals surface area contributed by atoms with Crippen LogP contribution in [-0.2, 0) is 6.42 Å². The van der Waals surface area contributed by atoms with Crippen LogP contribution >= 0.6 is 15.9 Å². The number of aryl methyl sites for hydroxylation is 1. The molecule has 0 unspecified atom stereocenters. The van der Waals surface area contributed by atoms with Gasteiger partial charge in [0, 0.05) is 21.8 Å². The Hall–Kier alpha value is -2.98. The topological polar surface area (TPSA) is 30.2 Å². The second kappa shape index (κ2) is 6.88. The first-order valence-electron chi connectivity index (χ1n) is 9.36. The number of fused-ring (bicyclic) bond motifs is 2. The summed E-state index contributed by atoms with van der Waals surface area (Å²) < 4.78 is 3.05. The van der Waals surface area contributed by atoms with Gasteiger partial charge in [0.1, 0.15) is 0 Å². The van der Waals surface area contributed by atoms with Crippen LogP contribution in [0.15, 0.2) is 83.5 Å². The molecule has 0 radical (unpaired) electrons. The average Bonchev–Trinajstić information content (AvgIpc) is 3.13. The monoisotopic (exact) mass is 427 g/mol. The molecular weight excluding hydrogens is 410 g/mol. The predicted octanol–water partition coefficient (Wildman–Crippen LogP) is 6.54. The van der Waals surface area contributed by atoms with Crippen molar-refractivity contribution in [2.45, 2.75) is 13.3 Å². The van der Waals surface area contributed by atoms with E-state index in [0.29, 0.717) is 0 Å². The highest BCUT2D eigenvalue weighted by atomic mass is 79.9. The Morgan fingerprint density at radius 1 is 0.857 bits per heavy atom. The smallest absolute Gasteiger partial charge is 0.163 e. The highest BCUT2D eigenvalue weighted by Crippen LogP contribution is 2.32. The van der Waals surface area contributed by atoms with E-state index in [1.807, 2.05) is 16.8 Å². The van der Waals surface area contributed by atoms with Crippen molar-refractivity contribution in [2.24, 2.45) is 0 Å². The van der Waals surface area contributed by atoms with Crippen molar-refractivity contribution in [3.8, 4) is 22.4 Å². The largest absolute Gasteiger partial charge is 0.236 e. The fraction of sp³-hybridized carbons (Fsp3) is 0.0833. The molecule has 0 spiro atoms. The van der Waals surface area contributed by atoms with Crippen molar-refractivity contribution < 1.29 is 0 Å². The predicted molar refractivity (Wildman–Crippen MR) is 118 cm³/mol. The third kappa shape index (κ3) is 2.81. The van der Waals surface area contributed by atoms with Crippen LogP contribution in [0.3, 0.4) is 0 Å². The van der Waals surface area contributed by atoms with Gasteiger partial charge in [-0.15, -0.1) is 0 Å². The molecule has 3 nitrogen and oxygen atoms in total.